The van der Waals surface area contributed by atoms with Gasteiger partial charge in [0.15, 0.2) is 0 Å². The van der Waals surface area contributed by atoms with Gasteiger partial charge in [-0.25, -0.2) is 33.2 Å². The third-order valence-corrected chi connectivity index (χ3v) is 4.58. The van der Waals surface area contributed by atoms with Crippen molar-refractivity contribution in [1.82, 2.24) is 20.7 Å². The monoisotopic (exact) mass is 494 g/mol. The Balaban J connectivity index is 2.30. The van der Waals surface area contributed by atoms with E-state index in [0.29, 0.717) is 0 Å². The second-order valence-corrected chi connectivity index (χ2v) is 7.23. The number of urea groups is 1. The van der Waals surface area contributed by atoms with Gasteiger partial charge < -0.3 is 15.2 Å². The predicted octanol–water partition coefficient (Wildman–Crippen LogP) is 5.11. The highest BCUT2D eigenvalue weighted by molar-refractivity contribution is 6.36. The van der Waals surface area contributed by atoms with Gasteiger partial charge in [-0.1, -0.05) is 23.2 Å². The average molecular weight is 495 g/mol. The van der Waals surface area contributed by atoms with Gasteiger partial charge in [-0.05, 0) is 32.0 Å². The van der Waals surface area contributed by atoms with E-state index in [2.05, 4.69) is 10.3 Å². The van der Waals surface area contributed by atoms with Crippen molar-refractivity contribution >= 4 is 35.3 Å². The molecule has 2 rings (SSSR count). The van der Waals surface area contributed by atoms with E-state index < -0.39 is 37.0 Å². The molecule has 0 spiro atoms. The van der Waals surface area contributed by atoms with Crippen LogP contribution in [0.2, 0.25) is 10.0 Å². The van der Waals surface area contributed by atoms with Crippen LogP contribution < -0.4 is 15.5 Å². The molecule has 1 atom stereocenters. The van der Waals surface area contributed by atoms with Crippen LogP contribution in [0.3, 0.4) is 0 Å². The van der Waals surface area contributed by atoms with E-state index in [1.807, 2.05) is 5.43 Å². The van der Waals surface area contributed by atoms with E-state index in [-0.39, 0.29) is 39.2 Å². The number of alkyl halides is 2. The van der Waals surface area contributed by atoms with Crippen molar-refractivity contribution in [2.75, 3.05) is 13.2 Å². The van der Waals surface area contributed by atoms with Gasteiger partial charge in [-0.15, -0.1) is 0 Å². The van der Waals surface area contributed by atoms with Gasteiger partial charge in [-0.2, -0.15) is 0 Å². The quantitative estimate of drug-likeness (QED) is 0.463. The zero-order chi connectivity index (χ0) is 24.0. The molecule has 1 aromatic carbocycles. The van der Waals surface area contributed by atoms with Crippen molar-refractivity contribution in [1.29, 1.82) is 0 Å². The molecule has 0 bridgehead atoms. The number of hydrazine groups is 1. The van der Waals surface area contributed by atoms with Crippen molar-refractivity contribution in [3.05, 3.63) is 46.0 Å². The molecule has 1 unspecified atom stereocenters. The van der Waals surface area contributed by atoms with Crippen molar-refractivity contribution in [3.8, 4) is 16.9 Å². The van der Waals surface area contributed by atoms with E-state index in [4.69, 9.17) is 33.0 Å². The maximum Gasteiger partial charge on any atom is 0.423 e. The Morgan fingerprint density at radius 3 is 2.53 bits per heavy atom. The highest BCUT2D eigenvalue weighted by Crippen LogP contribution is 2.39. The number of ether oxygens (including phenoxy) is 1. The summed E-state index contributed by atoms with van der Waals surface area (Å²) in [5.41, 5.74) is 2.06. The van der Waals surface area contributed by atoms with Crippen LogP contribution in [0.1, 0.15) is 25.6 Å². The molecule has 0 aliphatic carbocycles. The number of hydrogen-bond donors (Lipinski definition) is 3. The topological polar surface area (TPSA) is 104 Å². The van der Waals surface area contributed by atoms with Gasteiger partial charge in [0, 0.05) is 28.9 Å². The number of amides is 3. The molecule has 0 fully saturated rings. The second-order valence-electron chi connectivity index (χ2n) is 6.39. The van der Waals surface area contributed by atoms with E-state index >= 15 is 0 Å². The fourth-order valence-corrected chi connectivity index (χ4v) is 3.25. The van der Waals surface area contributed by atoms with Crippen molar-refractivity contribution < 1.29 is 32.6 Å². The smallest absolute Gasteiger partial charge is 0.423 e. The summed E-state index contributed by atoms with van der Waals surface area (Å²) in [7, 11) is 0. The Morgan fingerprint density at radius 1 is 1.28 bits per heavy atom. The first-order chi connectivity index (χ1) is 15.0. The molecule has 32 heavy (non-hydrogen) atoms. The fraction of sp³-hybridized carbons (Fsp3) is 0.316. The molecule has 3 amide bonds. The van der Waals surface area contributed by atoms with Gasteiger partial charge in [0.2, 0.25) is 0 Å². The predicted molar refractivity (Wildman–Crippen MR) is 112 cm³/mol. The molecule has 0 saturated carbocycles. The van der Waals surface area contributed by atoms with Crippen molar-refractivity contribution in [2.24, 2.45) is 0 Å². The lowest BCUT2D eigenvalue weighted by Crippen LogP contribution is -2.50. The Kier molecular flexibility index (Phi) is 8.79. The SMILES string of the molecule is CCN(NC(=O)O)C(=O)NC(C)c1ncc(-c2cc(Cl)cc(Cl)c2OCC(F)F)cc1F. The van der Waals surface area contributed by atoms with Gasteiger partial charge in [0.05, 0.1) is 16.8 Å². The number of halogens is 5. The van der Waals surface area contributed by atoms with Gasteiger partial charge in [0.1, 0.15) is 18.2 Å². The fourth-order valence-electron chi connectivity index (χ4n) is 2.70. The Bertz CT molecular complexity index is 997. The first-order valence-electron chi connectivity index (χ1n) is 9.16. The first kappa shape index (κ1) is 25.3. The van der Waals surface area contributed by atoms with E-state index in [1.165, 1.54) is 32.2 Å². The molecular weight excluding hydrogens is 476 g/mol. The minimum absolute atomic E-state index is 0.0244. The minimum atomic E-state index is -2.76. The molecule has 0 saturated heterocycles. The number of benzene rings is 1. The zero-order valence-corrected chi connectivity index (χ0v) is 18.3. The number of aromatic nitrogens is 1. The van der Waals surface area contributed by atoms with Crippen LogP contribution in [-0.4, -0.2) is 46.8 Å². The lowest BCUT2D eigenvalue weighted by molar-refractivity contribution is 0.0822. The third-order valence-electron chi connectivity index (χ3n) is 4.08. The number of hydrogen-bond acceptors (Lipinski definition) is 4. The largest absolute Gasteiger partial charge is 0.485 e. The molecule has 1 heterocycles. The summed E-state index contributed by atoms with van der Waals surface area (Å²) in [4.78, 5) is 26.9. The van der Waals surface area contributed by atoms with Crippen molar-refractivity contribution in [2.45, 2.75) is 26.3 Å². The maximum absolute atomic E-state index is 14.8. The number of pyridine rings is 1. The number of nitrogens with one attached hydrogen (secondary N) is 2. The number of carbonyl (C=O) groups excluding carboxylic acids is 1. The van der Waals surface area contributed by atoms with Crippen LogP contribution in [0, 0.1) is 5.82 Å². The normalized spacial score (nSPS) is 11.8. The Morgan fingerprint density at radius 2 is 1.97 bits per heavy atom. The van der Waals surface area contributed by atoms with Gasteiger partial charge in [-0.3, -0.25) is 4.98 Å². The van der Waals surface area contributed by atoms with Crippen LogP contribution in [0.4, 0.5) is 22.8 Å². The molecule has 174 valence electrons. The molecular formula is C19H19Cl2F3N4O4. The molecule has 13 heteroatoms. The molecule has 2 aromatic rings. The van der Waals surface area contributed by atoms with E-state index in [1.54, 1.807) is 0 Å². The summed E-state index contributed by atoms with van der Waals surface area (Å²) >= 11 is 12.0. The van der Waals surface area contributed by atoms with Crippen molar-refractivity contribution in [3.63, 3.8) is 0 Å². The van der Waals surface area contributed by atoms with Crippen LogP contribution in [0.15, 0.2) is 24.4 Å². The average Bonchev–Trinajstić information content (AvgIpc) is 2.70. The van der Waals surface area contributed by atoms with Crippen LogP contribution >= 0.6 is 23.2 Å². The first-order valence-corrected chi connectivity index (χ1v) is 9.92. The Hall–Kier alpha value is -2.92. The van der Waals surface area contributed by atoms with Crippen LogP contribution in [-0.2, 0) is 0 Å². The highest BCUT2D eigenvalue weighted by Gasteiger charge is 2.22. The molecule has 3 N–H and O–H groups in total. The zero-order valence-electron chi connectivity index (χ0n) is 16.8. The molecule has 0 aliphatic rings. The van der Waals surface area contributed by atoms with Gasteiger partial charge >= 0.3 is 12.1 Å². The number of rotatable bonds is 7. The number of nitrogens with zero attached hydrogens (tertiary/aromatic N) is 2. The lowest BCUT2D eigenvalue weighted by Gasteiger charge is -2.23. The standard InChI is InChI=1S/C19H19Cl2F3N4O4/c1-3-28(27-19(30)31)18(29)26-9(2)16-14(22)4-10(7-25-16)12-5-11(20)6-13(21)17(12)32-8-15(23)24/h4-7,9,15,27H,3,8H2,1-2H3,(H,26,29)(H,30,31). The summed E-state index contributed by atoms with van der Waals surface area (Å²) < 4.78 is 45.1. The summed E-state index contributed by atoms with van der Waals surface area (Å²) in [5, 5.41) is 12.1. The molecule has 1 aromatic heterocycles. The maximum atomic E-state index is 14.8. The van der Waals surface area contributed by atoms with E-state index in [0.717, 1.165) is 11.1 Å². The highest BCUT2D eigenvalue weighted by atomic mass is 35.5. The molecule has 0 radical (unpaired) electrons. The summed E-state index contributed by atoms with van der Waals surface area (Å²) in [6.07, 6.45) is -2.95. The summed E-state index contributed by atoms with van der Waals surface area (Å²) in [6.45, 7) is 2.09. The third kappa shape index (κ3) is 6.54. The van der Waals surface area contributed by atoms with Gasteiger partial charge in [0.25, 0.3) is 6.43 Å². The van der Waals surface area contributed by atoms with Crippen LogP contribution in [0.25, 0.3) is 11.1 Å². The Labute approximate surface area is 191 Å². The second kappa shape index (κ2) is 11.1. The summed E-state index contributed by atoms with van der Waals surface area (Å²) in [6, 6.07) is 1.99. The lowest BCUT2D eigenvalue weighted by atomic mass is 10.0. The van der Waals surface area contributed by atoms with Crippen LogP contribution in [0.5, 0.6) is 5.75 Å². The minimum Gasteiger partial charge on any atom is -0.485 e. The van der Waals surface area contributed by atoms with E-state index in [9.17, 15) is 22.8 Å². The summed E-state index contributed by atoms with van der Waals surface area (Å²) in [5.74, 6) is -0.926. The number of carboxylic acid groups (broad SMARTS) is 1. The molecule has 0 aliphatic heterocycles. The number of carbonyl (C=O) groups is 2. The molecule has 8 nitrogen and oxygen atoms in total.